The van der Waals surface area contributed by atoms with Gasteiger partial charge in [-0.3, -0.25) is 0 Å². The van der Waals surface area contributed by atoms with Gasteiger partial charge in [0.1, 0.15) is 0 Å². The van der Waals surface area contributed by atoms with Crippen molar-refractivity contribution >= 4 is 17.1 Å². The lowest BCUT2D eigenvalue weighted by atomic mass is 9.11. The zero-order valence-electron chi connectivity index (χ0n) is 34.8. The third-order valence-electron chi connectivity index (χ3n) is 17.2. The lowest BCUT2D eigenvalue weighted by Gasteiger charge is -2.92. The van der Waals surface area contributed by atoms with E-state index in [9.17, 15) is 0 Å². The van der Waals surface area contributed by atoms with Crippen molar-refractivity contribution < 1.29 is 0 Å². The molecule has 1 heteroatoms. The van der Waals surface area contributed by atoms with E-state index in [4.69, 9.17) is 0 Å². The fourth-order valence-electron chi connectivity index (χ4n) is 14.6. The third-order valence-corrected chi connectivity index (χ3v) is 17.2. The first-order valence-corrected chi connectivity index (χ1v) is 22.6. The summed E-state index contributed by atoms with van der Waals surface area (Å²) in [5.41, 5.74) is 23.4. The summed E-state index contributed by atoms with van der Waals surface area (Å²) in [6.45, 7) is 4.80. The summed E-state index contributed by atoms with van der Waals surface area (Å²) >= 11 is 0. The highest BCUT2D eigenvalue weighted by Gasteiger charge is 2.90. The van der Waals surface area contributed by atoms with E-state index in [1.54, 1.807) is 11.1 Å². The largest absolute Gasteiger partial charge is 0.310 e. The predicted octanol–water partition coefficient (Wildman–Crippen LogP) is 15.4. The van der Waals surface area contributed by atoms with E-state index in [-0.39, 0.29) is 10.8 Å². The smallest absolute Gasteiger partial charge is 0.0540 e. The molecule has 4 atom stereocenters. The quantitative estimate of drug-likeness (QED) is 0.162. The van der Waals surface area contributed by atoms with Gasteiger partial charge >= 0.3 is 0 Å². The van der Waals surface area contributed by atoms with E-state index in [1.165, 1.54) is 103 Å². The van der Waals surface area contributed by atoms with Crippen molar-refractivity contribution in [1.82, 2.24) is 0 Å². The van der Waals surface area contributed by atoms with Crippen LogP contribution in [-0.4, -0.2) is 0 Å². The minimum atomic E-state index is -0.115. The van der Waals surface area contributed by atoms with Crippen LogP contribution in [0.15, 0.2) is 188 Å². The van der Waals surface area contributed by atoms with E-state index < -0.39 is 0 Å². The maximum atomic E-state index is 2.62. The molecule has 0 radical (unpaired) electrons. The standard InChI is InChI=1S/C60H47N/c1-58(2)51-21-13-12-20-46(51)47-27-24-45(36-53(47)58)61(55-29-23-40(37-14-6-3-7-15-37)30-49(55)39-18-10-5-11-19-39)44-25-28-52-50(35-44)48-26-22-41(38-16-8-4-9-17-38)31-54(48)60(52)56-33-42-32-43-34-57(60)59(42,43)56/h3-31,35-36,42-43,56-57H,32-34H2,1-2H3. The lowest BCUT2D eigenvalue weighted by Crippen LogP contribution is -2.88. The maximum absolute atomic E-state index is 2.62. The third kappa shape index (κ3) is 4.18. The van der Waals surface area contributed by atoms with Crippen LogP contribution in [0.1, 0.15) is 55.4 Å². The summed E-state index contributed by atoms with van der Waals surface area (Å²) in [5.74, 6) is 3.48. The first-order chi connectivity index (χ1) is 30.0. The molecule has 6 aliphatic rings. The number of hydrogen-bond acceptors (Lipinski definition) is 1. The van der Waals surface area contributed by atoms with Gasteiger partial charge < -0.3 is 4.90 Å². The molecular formula is C60H47N. The van der Waals surface area contributed by atoms with Gasteiger partial charge in [0.15, 0.2) is 0 Å². The molecule has 8 aromatic rings. The zero-order chi connectivity index (χ0) is 40.2. The van der Waals surface area contributed by atoms with Crippen LogP contribution in [0, 0.1) is 29.1 Å². The molecular weight excluding hydrogens is 735 g/mol. The van der Waals surface area contributed by atoms with Gasteiger partial charge in [-0.05, 0) is 163 Å². The fraction of sp³-hybridized carbons (Fsp3) is 0.200. The summed E-state index contributed by atoms with van der Waals surface area (Å²) < 4.78 is 0. The SMILES string of the molecule is CC1(C)c2ccccc2-c2ccc(N(c3ccc4c(c3)-c3ccc(-c5ccccc5)cc3C43C4CC5CC6CC3C564)c3ccc(-c4ccccc4)cc3-c3ccccc3)cc21. The molecule has 0 saturated heterocycles. The normalized spacial score (nSPS) is 25.6. The molecule has 292 valence electrons. The average molecular weight is 782 g/mol. The molecule has 4 fully saturated rings. The van der Waals surface area contributed by atoms with Gasteiger partial charge in [-0.25, -0.2) is 0 Å². The van der Waals surface area contributed by atoms with Gasteiger partial charge in [-0.15, -0.1) is 0 Å². The minimum absolute atomic E-state index is 0.115. The molecule has 61 heavy (non-hydrogen) atoms. The highest BCUT2D eigenvalue weighted by atomic mass is 15.1. The first-order valence-electron chi connectivity index (χ1n) is 22.6. The summed E-state index contributed by atoms with van der Waals surface area (Å²) in [4.78, 5) is 2.58. The summed E-state index contributed by atoms with van der Waals surface area (Å²) in [5, 5.41) is 0. The van der Waals surface area contributed by atoms with Crippen LogP contribution in [0.5, 0.6) is 0 Å². The second kappa shape index (κ2) is 11.9. The van der Waals surface area contributed by atoms with E-state index in [1.807, 2.05) is 0 Å². The number of fused-ring (bicyclic) bond motifs is 10. The fourth-order valence-corrected chi connectivity index (χ4v) is 14.6. The van der Waals surface area contributed by atoms with Crippen molar-refractivity contribution in [3.63, 3.8) is 0 Å². The number of hydrogen-bond donors (Lipinski definition) is 0. The van der Waals surface area contributed by atoms with Crippen molar-refractivity contribution in [1.29, 1.82) is 0 Å². The Morgan fingerprint density at radius 1 is 0.377 bits per heavy atom. The molecule has 0 bridgehead atoms. The van der Waals surface area contributed by atoms with Gasteiger partial charge in [0.05, 0.1) is 5.69 Å². The van der Waals surface area contributed by atoms with Crippen molar-refractivity contribution in [2.75, 3.05) is 4.90 Å². The number of anilines is 3. The second-order valence-electron chi connectivity index (χ2n) is 19.6. The number of benzene rings is 8. The number of nitrogens with zero attached hydrogens (tertiary/aromatic N) is 1. The molecule has 4 saturated carbocycles. The summed E-state index contributed by atoms with van der Waals surface area (Å²) in [7, 11) is 0. The zero-order valence-corrected chi connectivity index (χ0v) is 34.8. The molecule has 6 aliphatic carbocycles. The predicted molar refractivity (Wildman–Crippen MR) is 251 cm³/mol. The summed E-state index contributed by atoms with van der Waals surface area (Å²) in [6.07, 6.45) is 4.28. The molecule has 2 spiro atoms. The average Bonchev–Trinajstić information content (AvgIpc) is 3.71. The molecule has 0 amide bonds. The Labute approximate surface area is 359 Å². The highest BCUT2D eigenvalue weighted by Crippen LogP contribution is 2.95. The van der Waals surface area contributed by atoms with Crippen molar-refractivity contribution in [2.24, 2.45) is 29.1 Å². The van der Waals surface area contributed by atoms with Gasteiger partial charge in [-0.1, -0.05) is 159 Å². The molecule has 0 heterocycles. The Morgan fingerprint density at radius 2 is 0.934 bits per heavy atom. The van der Waals surface area contributed by atoms with Crippen LogP contribution in [0.2, 0.25) is 0 Å². The molecule has 0 aromatic heterocycles. The van der Waals surface area contributed by atoms with E-state index in [0.29, 0.717) is 5.41 Å². The van der Waals surface area contributed by atoms with Crippen molar-refractivity contribution in [3.8, 4) is 55.6 Å². The van der Waals surface area contributed by atoms with Gasteiger partial charge in [0.2, 0.25) is 0 Å². The van der Waals surface area contributed by atoms with Crippen LogP contribution >= 0.6 is 0 Å². The van der Waals surface area contributed by atoms with Crippen molar-refractivity contribution in [2.45, 2.75) is 43.9 Å². The second-order valence-corrected chi connectivity index (χ2v) is 19.6. The number of rotatable bonds is 6. The monoisotopic (exact) mass is 781 g/mol. The van der Waals surface area contributed by atoms with E-state index in [2.05, 4.69) is 207 Å². The van der Waals surface area contributed by atoms with Gasteiger partial charge in [0, 0.05) is 27.8 Å². The van der Waals surface area contributed by atoms with Crippen LogP contribution in [-0.2, 0) is 10.8 Å². The van der Waals surface area contributed by atoms with Crippen LogP contribution in [0.25, 0.3) is 55.6 Å². The molecule has 1 nitrogen and oxygen atoms in total. The van der Waals surface area contributed by atoms with Gasteiger partial charge in [-0.2, -0.15) is 0 Å². The Bertz CT molecular complexity index is 3100. The van der Waals surface area contributed by atoms with Gasteiger partial charge in [0.25, 0.3) is 0 Å². The van der Waals surface area contributed by atoms with E-state index >= 15 is 0 Å². The Balaban J connectivity index is 0.995. The molecule has 0 N–H and O–H groups in total. The van der Waals surface area contributed by atoms with Crippen molar-refractivity contribution in [3.05, 3.63) is 210 Å². The maximum Gasteiger partial charge on any atom is 0.0540 e. The summed E-state index contributed by atoms with van der Waals surface area (Å²) in [6, 6.07) is 71.4. The van der Waals surface area contributed by atoms with Crippen LogP contribution in [0.3, 0.4) is 0 Å². The van der Waals surface area contributed by atoms with Crippen LogP contribution < -0.4 is 4.90 Å². The molecule has 4 unspecified atom stereocenters. The molecule has 0 aliphatic heterocycles. The Morgan fingerprint density at radius 3 is 1.64 bits per heavy atom. The van der Waals surface area contributed by atoms with E-state index in [0.717, 1.165) is 23.7 Å². The molecule has 14 rings (SSSR count). The Kier molecular flexibility index (Phi) is 6.68. The molecule has 8 aromatic carbocycles. The Hall–Kier alpha value is -6.44. The topological polar surface area (TPSA) is 3.24 Å². The lowest BCUT2D eigenvalue weighted by molar-refractivity contribution is -0.412. The first kappa shape index (κ1) is 34.3. The minimum Gasteiger partial charge on any atom is -0.310 e. The van der Waals surface area contributed by atoms with Crippen LogP contribution in [0.4, 0.5) is 17.1 Å². The highest BCUT2D eigenvalue weighted by molar-refractivity contribution is 5.95.